The van der Waals surface area contributed by atoms with Crippen LogP contribution in [0.4, 0.5) is 4.39 Å². The Balaban J connectivity index is 2.21. The van der Waals surface area contributed by atoms with Crippen molar-refractivity contribution >= 4 is 43.5 Å². The number of methoxy groups -OCH3 is 1. The Kier molecular flexibility index (Phi) is 5.90. The third-order valence-electron chi connectivity index (χ3n) is 2.81. The largest absolute Gasteiger partial charge is 0.493 e. The van der Waals surface area contributed by atoms with Crippen LogP contribution in [0.5, 0.6) is 11.5 Å². The minimum atomic E-state index is -0.444. The average Bonchev–Trinajstić information content (AvgIpc) is 2.48. The maximum Gasteiger partial charge on any atom is 0.175 e. The summed E-state index contributed by atoms with van der Waals surface area (Å²) in [6, 6.07) is 8.34. The second-order valence-electron chi connectivity index (χ2n) is 4.28. The SMILES string of the molecule is COc1cc(CBr)cc(Br)c1OCc1ccc(F)c(Cl)c1. The minimum Gasteiger partial charge on any atom is -0.493 e. The molecule has 2 aromatic carbocycles. The summed E-state index contributed by atoms with van der Waals surface area (Å²) >= 11 is 12.6. The van der Waals surface area contributed by atoms with Crippen LogP contribution in [0, 0.1) is 5.82 Å². The van der Waals surface area contributed by atoms with Crippen molar-refractivity contribution in [2.45, 2.75) is 11.9 Å². The Morgan fingerprint density at radius 1 is 1.19 bits per heavy atom. The van der Waals surface area contributed by atoms with E-state index >= 15 is 0 Å². The van der Waals surface area contributed by atoms with Crippen LogP contribution in [0.2, 0.25) is 5.02 Å². The van der Waals surface area contributed by atoms with Crippen LogP contribution in [0.3, 0.4) is 0 Å². The van der Waals surface area contributed by atoms with Crippen molar-refractivity contribution in [1.29, 1.82) is 0 Å². The standard InChI is InChI=1S/C15H12Br2ClFO2/c1-20-14-6-10(7-16)4-11(17)15(14)21-8-9-2-3-13(19)12(18)5-9/h2-6H,7-8H2,1H3. The third kappa shape index (κ3) is 4.11. The van der Waals surface area contributed by atoms with Gasteiger partial charge in [-0.05, 0) is 51.3 Å². The van der Waals surface area contributed by atoms with Gasteiger partial charge in [-0.1, -0.05) is 33.6 Å². The summed E-state index contributed by atoms with van der Waals surface area (Å²) in [5.74, 6) is 0.788. The number of ether oxygens (including phenoxy) is 2. The molecule has 0 radical (unpaired) electrons. The van der Waals surface area contributed by atoms with Gasteiger partial charge in [-0.3, -0.25) is 0 Å². The van der Waals surface area contributed by atoms with E-state index in [0.717, 1.165) is 20.9 Å². The van der Waals surface area contributed by atoms with Crippen LogP contribution < -0.4 is 9.47 Å². The molecule has 2 aromatic rings. The molecular formula is C15H12Br2ClFO2. The van der Waals surface area contributed by atoms with Gasteiger partial charge in [0.2, 0.25) is 0 Å². The third-order valence-corrected chi connectivity index (χ3v) is 4.34. The van der Waals surface area contributed by atoms with Gasteiger partial charge in [0.25, 0.3) is 0 Å². The Labute approximate surface area is 144 Å². The molecule has 0 amide bonds. The summed E-state index contributed by atoms with van der Waals surface area (Å²) in [5.41, 5.74) is 1.84. The molecule has 0 aliphatic rings. The van der Waals surface area contributed by atoms with Gasteiger partial charge in [0, 0.05) is 5.33 Å². The normalized spacial score (nSPS) is 10.5. The molecule has 0 spiro atoms. The van der Waals surface area contributed by atoms with Crippen LogP contribution in [-0.2, 0) is 11.9 Å². The predicted molar refractivity (Wildman–Crippen MR) is 89.1 cm³/mol. The highest BCUT2D eigenvalue weighted by Gasteiger charge is 2.12. The van der Waals surface area contributed by atoms with Crippen LogP contribution in [-0.4, -0.2) is 7.11 Å². The first kappa shape index (κ1) is 16.6. The lowest BCUT2D eigenvalue weighted by molar-refractivity contribution is 0.282. The second-order valence-corrected chi connectivity index (χ2v) is 6.10. The van der Waals surface area contributed by atoms with Gasteiger partial charge in [-0.2, -0.15) is 0 Å². The Morgan fingerprint density at radius 3 is 2.57 bits per heavy atom. The lowest BCUT2D eigenvalue weighted by Gasteiger charge is -2.14. The van der Waals surface area contributed by atoms with Crippen molar-refractivity contribution in [3.63, 3.8) is 0 Å². The number of alkyl halides is 1. The summed E-state index contributed by atoms with van der Waals surface area (Å²) in [6.07, 6.45) is 0. The number of halogens is 4. The monoisotopic (exact) mass is 436 g/mol. The molecular weight excluding hydrogens is 426 g/mol. The molecule has 6 heteroatoms. The summed E-state index contributed by atoms with van der Waals surface area (Å²) in [7, 11) is 1.58. The van der Waals surface area contributed by atoms with E-state index < -0.39 is 5.82 Å². The van der Waals surface area contributed by atoms with E-state index in [2.05, 4.69) is 31.9 Å². The molecule has 0 aromatic heterocycles. The molecule has 0 saturated heterocycles. The summed E-state index contributed by atoms with van der Waals surface area (Å²) in [4.78, 5) is 0. The zero-order valence-electron chi connectivity index (χ0n) is 11.1. The Bertz CT molecular complexity index is 650. The molecule has 2 nitrogen and oxygen atoms in total. The van der Waals surface area contributed by atoms with Crippen LogP contribution >= 0.6 is 43.5 Å². The second kappa shape index (κ2) is 7.47. The predicted octanol–water partition coefficient (Wildman–Crippen LogP) is 5.72. The summed E-state index contributed by atoms with van der Waals surface area (Å²) in [6.45, 7) is 0.266. The Hall–Kier alpha value is -0.780. The van der Waals surface area contributed by atoms with Crippen molar-refractivity contribution in [2.75, 3.05) is 7.11 Å². The van der Waals surface area contributed by atoms with Gasteiger partial charge in [-0.15, -0.1) is 0 Å². The average molecular weight is 439 g/mol. The lowest BCUT2D eigenvalue weighted by atomic mass is 10.2. The molecule has 0 fully saturated rings. The highest BCUT2D eigenvalue weighted by molar-refractivity contribution is 9.10. The number of rotatable bonds is 5. The molecule has 0 saturated carbocycles. The first-order valence-corrected chi connectivity index (χ1v) is 8.33. The topological polar surface area (TPSA) is 18.5 Å². The van der Waals surface area contributed by atoms with Crippen molar-refractivity contribution in [2.24, 2.45) is 0 Å². The quantitative estimate of drug-likeness (QED) is 0.556. The summed E-state index contributed by atoms with van der Waals surface area (Å²) < 4.78 is 25.0. The van der Waals surface area contributed by atoms with E-state index in [4.69, 9.17) is 21.1 Å². The molecule has 0 heterocycles. The molecule has 2 rings (SSSR count). The van der Waals surface area contributed by atoms with Crippen LogP contribution in [0.15, 0.2) is 34.8 Å². The van der Waals surface area contributed by atoms with E-state index in [1.54, 1.807) is 19.2 Å². The van der Waals surface area contributed by atoms with E-state index in [0.29, 0.717) is 11.5 Å². The first-order chi connectivity index (χ1) is 10.0. The van der Waals surface area contributed by atoms with Gasteiger partial charge in [0.15, 0.2) is 11.5 Å². The van der Waals surface area contributed by atoms with Crippen LogP contribution in [0.1, 0.15) is 11.1 Å². The van der Waals surface area contributed by atoms with Crippen molar-refractivity contribution in [1.82, 2.24) is 0 Å². The maximum absolute atomic E-state index is 13.1. The maximum atomic E-state index is 13.1. The molecule has 0 atom stereocenters. The Morgan fingerprint density at radius 2 is 1.95 bits per heavy atom. The zero-order chi connectivity index (χ0) is 15.4. The molecule has 21 heavy (non-hydrogen) atoms. The number of hydrogen-bond donors (Lipinski definition) is 0. The van der Waals surface area contributed by atoms with Crippen molar-refractivity contribution < 1.29 is 13.9 Å². The number of hydrogen-bond acceptors (Lipinski definition) is 2. The van der Waals surface area contributed by atoms with E-state index in [-0.39, 0.29) is 11.6 Å². The van der Waals surface area contributed by atoms with Gasteiger partial charge < -0.3 is 9.47 Å². The highest BCUT2D eigenvalue weighted by Crippen LogP contribution is 2.37. The fourth-order valence-electron chi connectivity index (χ4n) is 1.78. The zero-order valence-corrected chi connectivity index (χ0v) is 15.1. The fraction of sp³-hybridized carbons (Fsp3) is 0.200. The molecule has 0 bridgehead atoms. The van der Waals surface area contributed by atoms with Crippen molar-refractivity contribution in [3.05, 3.63) is 56.8 Å². The smallest absolute Gasteiger partial charge is 0.175 e. The van der Waals surface area contributed by atoms with Crippen LogP contribution in [0.25, 0.3) is 0 Å². The minimum absolute atomic E-state index is 0.0803. The van der Waals surface area contributed by atoms with E-state index in [1.807, 2.05) is 12.1 Å². The van der Waals surface area contributed by atoms with E-state index in [9.17, 15) is 4.39 Å². The van der Waals surface area contributed by atoms with Gasteiger partial charge >= 0.3 is 0 Å². The molecule has 0 N–H and O–H groups in total. The molecule has 0 unspecified atom stereocenters. The van der Waals surface area contributed by atoms with E-state index in [1.165, 1.54) is 6.07 Å². The highest BCUT2D eigenvalue weighted by atomic mass is 79.9. The fourth-order valence-corrected chi connectivity index (χ4v) is 2.91. The summed E-state index contributed by atoms with van der Waals surface area (Å²) in [5, 5.41) is 0.798. The van der Waals surface area contributed by atoms with Gasteiger partial charge in [0.05, 0.1) is 16.6 Å². The van der Waals surface area contributed by atoms with Crippen molar-refractivity contribution in [3.8, 4) is 11.5 Å². The molecule has 0 aliphatic heterocycles. The first-order valence-electron chi connectivity index (χ1n) is 6.04. The molecule has 112 valence electrons. The van der Waals surface area contributed by atoms with Gasteiger partial charge in [-0.25, -0.2) is 4.39 Å². The molecule has 0 aliphatic carbocycles. The lowest BCUT2D eigenvalue weighted by Crippen LogP contribution is -1.99. The van der Waals surface area contributed by atoms with Gasteiger partial charge in [0.1, 0.15) is 12.4 Å². The number of benzene rings is 2.